The molecule has 1 atom stereocenters. The maximum Gasteiger partial charge on any atom is 0.164 e. The van der Waals surface area contributed by atoms with Gasteiger partial charge in [-0.05, 0) is 25.8 Å². The van der Waals surface area contributed by atoms with Gasteiger partial charge in [-0.1, -0.05) is 32.0 Å². The molecule has 0 spiro atoms. The molecule has 0 aliphatic heterocycles. The van der Waals surface area contributed by atoms with E-state index in [2.05, 4.69) is 0 Å². The summed E-state index contributed by atoms with van der Waals surface area (Å²) in [5.41, 5.74) is 1.58. The molecule has 1 aliphatic rings. The summed E-state index contributed by atoms with van der Waals surface area (Å²) in [6, 6.07) is 5.16. The van der Waals surface area contributed by atoms with Crippen LogP contribution < -0.4 is 0 Å². The molecule has 1 aromatic rings. The van der Waals surface area contributed by atoms with Crippen molar-refractivity contribution in [2.24, 2.45) is 5.92 Å². The molecular weight excluding hydrogens is 292 g/mol. The third kappa shape index (κ3) is 4.68. The second-order valence-corrected chi connectivity index (χ2v) is 5.60. The Balaban J connectivity index is 0.00000127. The van der Waals surface area contributed by atoms with E-state index in [4.69, 9.17) is 0 Å². The third-order valence-electron chi connectivity index (χ3n) is 3.96. The van der Waals surface area contributed by atoms with Crippen LogP contribution in [-0.2, 0) is 9.59 Å². The van der Waals surface area contributed by atoms with Gasteiger partial charge in [0.25, 0.3) is 0 Å². The first-order valence-corrected chi connectivity index (χ1v) is 8.08. The Kier molecular flexibility index (Phi) is 7.01. The van der Waals surface area contributed by atoms with E-state index >= 15 is 0 Å². The van der Waals surface area contributed by atoms with E-state index in [0.29, 0.717) is 24.0 Å². The molecule has 1 aromatic carbocycles. The van der Waals surface area contributed by atoms with E-state index in [1.54, 1.807) is 25.1 Å². The average molecular weight is 316 g/mol. The van der Waals surface area contributed by atoms with Crippen LogP contribution in [0.5, 0.6) is 0 Å². The summed E-state index contributed by atoms with van der Waals surface area (Å²) in [4.78, 5) is 47.2. The van der Waals surface area contributed by atoms with E-state index in [1.165, 1.54) is 6.92 Å². The van der Waals surface area contributed by atoms with Crippen LogP contribution in [-0.4, -0.2) is 23.1 Å². The van der Waals surface area contributed by atoms with Crippen molar-refractivity contribution < 1.29 is 19.2 Å². The molecule has 124 valence electrons. The maximum atomic E-state index is 12.4. The number of hydrogen-bond acceptors (Lipinski definition) is 4. The van der Waals surface area contributed by atoms with E-state index in [0.717, 1.165) is 5.56 Å². The first-order chi connectivity index (χ1) is 10.9. The molecule has 1 aliphatic carbocycles. The SMILES string of the molecule is CC.CC(=O)c1c(C)cccc1C(=O)CC1CCC(=O)CC1=O. The van der Waals surface area contributed by atoms with Gasteiger partial charge in [-0.15, -0.1) is 0 Å². The molecule has 0 amide bonds. The molecule has 1 fully saturated rings. The van der Waals surface area contributed by atoms with E-state index < -0.39 is 5.92 Å². The lowest BCUT2D eigenvalue weighted by Crippen LogP contribution is -2.27. The smallest absolute Gasteiger partial charge is 0.164 e. The predicted molar refractivity (Wildman–Crippen MR) is 88.8 cm³/mol. The van der Waals surface area contributed by atoms with Crippen LogP contribution in [0.15, 0.2) is 18.2 Å². The number of carbonyl (C=O) groups is 4. The zero-order valence-corrected chi connectivity index (χ0v) is 14.3. The fraction of sp³-hybridized carbons (Fsp3) is 0.474. The fourth-order valence-electron chi connectivity index (χ4n) is 2.84. The van der Waals surface area contributed by atoms with Gasteiger partial charge in [0.15, 0.2) is 11.6 Å². The van der Waals surface area contributed by atoms with Crippen molar-refractivity contribution in [1.29, 1.82) is 0 Å². The lowest BCUT2D eigenvalue weighted by molar-refractivity contribution is -0.132. The normalized spacial score (nSPS) is 17.3. The molecule has 0 saturated heterocycles. The van der Waals surface area contributed by atoms with Crippen LogP contribution in [0.3, 0.4) is 0 Å². The summed E-state index contributed by atoms with van der Waals surface area (Å²) >= 11 is 0. The van der Waals surface area contributed by atoms with Crippen LogP contribution in [0, 0.1) is 12.8 Å². The molecule has 1 saturated carbocycles. The maximum absolute atomic E-state index is 12.4. The van der Waals surface area contributed by atoms with Crippen molar-refractivity contribution in [2.75, 3.05) is 0 Å². The first kappa shape index (κ1) is 18.9. The van der Waals surface area contributed by atoms with Gasteiger partial charge >= 0.3 is 0 Å². The minimum Gasteiger partial charge on any atom is -0.299 e. The highest BCUT2D eigenvalue weighted by molar-refractivity contribution is 6.10. The van der Waals surface area contributed by atoms with Crippen molar-refractivity contribution in [3.63, 3.8) is 0 Å². The summed E-state index contributed by atoms with van der Waals surface area (Å²) in [5.74, 6) is -0.950. The quantitative estimate of drug-likeness (QED) is 0.627. The summed E-state index contributed by atoms with van der Waals surface area (Å²) in [5, 5.41) is 0. The van der Waals surface area contributed by atoms with Gasteiger partial charge in [0.1, 0.15) is 11.6 Å². The lowest BCUT2D eigenvalue weighted by atomic mass is 9.82. The summed E-state index contributed by atoms with van der Waals surface area (Å²) in [6.45, 7) is 7.22. The molecule has 1 unspecified atom stereocenters. The first-order valence-electron chi connectivity index (χ1n) is 8.08. The topological polar surface area (TPSA) is 68.3 Å². The standard InChI is InChI=1S/C17H18O4.C2H6/c1-10-4-3-5-14(17(10)11(2)18)16(21)8-12-6-7-13(19)9-15(12)20;1-2/h3-5,12H,6-9H2,1-2H3;1-2H3. The molecule has 0 heterocycles. The molecule has 0 aromatic heterocycles. The molecule has 0 bridgehead atoms. The summed E-state index contributed by atoms with van der Waals surface area (Å²) in [7, 11) is 0. The minimum absolute atomic E-state index is 0.0521. The van der Waals surface area contributed by atoms with Crippen LogP contribution in [0.1, 0.15) is 72.7 Å². The van der Waals surface area contributed by atoms with Gasteiger partial charge in [0.05, 0.1) is 6.42 Å². The van der Waals surface area contributed by atoms with E-state index in [-0.39, 0.29) is 36.0 Å². The van der Waals surface area contributed by atoms with Gasteiger partial charge in [0, 0.05) is 29.9 Å². The Morgan fingerprint density at radius 1 is 1.17 bits per heavy atom. The molecule has 0 radical (unpaired) electrons. The van der Waals surface area contributed by atoms with Crippen molar-refractivity contribution in [3.05, 3.63) is 34.9 Å². The number of carbonyl (C=O) groups excluding carboxylic acids is 4. The summed E-state index contributed by atoms with van der Waals surface area (Å²) in [6.07, 6.45) is 0.808. The zero-order chi connectivity index (χ0) is 17.6. The van der Waals surface area contributed by atoms with Gasteiger partial charge < -0.3 is 0 Å². The minimum atomic E-state index is -0.393. The molecular formula is C19H24O4. The highest BCUT2D eigenvalue weighted by Gasteiger charge is 2.29. The van der Waals surface area contributed by atoms with Gasteiger partial charge in [-0.2, -0.15) is 0 Å². The molecule has 23 heavy (non-hydrogen) atoms. The molecule has 2 rings (SSSR count). The van der Waals surface area contributed by atoms with Crippen LogP contribution >= 0.6 is 0 Å². The highest BCUT2D eigenvalue weighted by Crippen LogP contribution is 2.25. The Morgan fingerprint density at radius 3 is 2.39 bits per heavy atom. The summed E-state index contributed by atoms with van der Waals surface area (Å²) < 4.78 is 0. The van der Waals surface area contributed by atoms with Gasteiger partial charge in [-0.25, -0.2) is 0 Å². The Bertz CT molecular complexity index is 628. The lowest BCUT2D eigenvalue weighted by Gasteiger charge is -2.19. The monoisotopic (exact) mass is 316 g/mol. The number of rotatable bonds is 4. The largest absolute Gasteiger partial charge is 0.299 e. The third-order valence-corrected chi connectivity index (χ3v) is 3.96. The number of ketones is 4. The van der Waals surface area contributed by atoms with E-state index in [1.807, 2.05) is 13.8 Å². The Morgan fingerprint density at radius 2 is 1.83 bits per heavy atom. The average Bonchev–Trinajstić information content (AvgIpc) is 2.51. The van der Waals surface area contributed by atoms with Crippen molar-refractivity contribution in [3.8, 4) is 0 Å². The predicted octanol–water partition coefficient (Wildman–Crippen LogP) is 3.73. The second-order valence-electron chi connectivity index (χ2n) is 5.60. The van der Waals surface area contributed by atoms with Gasteiger partial charge in [-0.3, -0.25) is 19.2 Å². The number of hydrogen-bond donors (Lipinski definition) is 0. The number of aryl methyl sites for hydroxylation is 1. The van der Waals surface area contributed by atoms with Crippen LogP contribution in [0.25, 0.3) is 0 Å². The van der Waals surface area contributed by atoms with Crippen molar-refractivity contribution in [1.82, 2.24) is 0 Å². The number of benzene rings is 1. The van der Waals surface area contributed by atoms with E-state index in [9.17, 15) is 19.2 Å². The van der Waals surface area contributed by atoms with Gasteiger partial charge in [0.2, 0.25) is 0 Å². The van der Waals surface area contributed by atoms with Crippen LogP contribution in [0.2, 0.25) is 0 Å². The zero-order valence-electron chi connectivity index (χ0n) is 14.3. The second kappa shape index (κ2) is 8.51. The fourth-order valence-corrected chi connectivity index (χ4v) is 2.84. The van der Waals surface area contributed by atoms with Crippen molar-refractivity contribution >= 4 is 23.1 Å². The molecule has 0 N–H and O–H groups in total. The molecule has 4 heteroatoms. The number of Topliss-reactive ketones (excluding diaryl/α,β-unsaturated/α-hetero) is 4. The van der Waals surface area contributed by atoms with Crippen molar-refractivity contribution in [2.45, 2.75) is 53.4 Å². The molecule has 4 nitrogen and oxygen atoms in total. The Labute approximate surface area is 137 Å². The van der Waals surface area contributed by atoms with Crippen LogP contribution in [0.4, 0.5) is 0 Å². The highest BCUT2D eigenvalue weighted by atomic mass is 16.2. The Hall–Kier alpha value is -2.10.